The van der Waals surface area contributed by atoms with Gasteiger partial charge < -0.3 is 31.2 Å². The number of rotatable bonds is 4. The number of imidazole rings is 2. The molecule has 6 N–H and O–H groups in total. The monoisotopic (exact) mass is 534 g/mol. The second-order valence-corrected chi connectivity index (χ2v) is 9.14. The average Bonchev–Trinajstić information content (AvgIpc) is 3.64. The van der Waals surface area contributed by atoms with E-state index in [2.05, 4.69) is 29.9 Å². The summed E-state index contributed by atoms with van der Waals surface area (Å²) in [6, 6.07) is 0. The molecule has 0 aromatic carbocycles. The van der Waals surface area contributed by atoms with Crippen LogP contribution in [0.3, 0.4) is 0 Å². The maximum atomic E-state index is 14.0. The van der Waals surface area contributed by atoms with E-state index in [9.17, 15) is 8.78 Å². The first kappa shape index (κ1) is 26.0. The van der Waals surface area contributed by atoms with Crippen molar-refractivity contribution in [2.24, 2.45) is 0 Å². The number of aliphatic hydroxyl groups excluding tert-OH is 2. The molecular formula is C22H28F2N10O4. The van der Waals surface area contributed by atoms with Crippen LogP contribution in [0.5, 0.6) is 0 Å². The molecule has 2 aliphatic heterocycles. The van der Waals surface area contributed by atoms with E-state index in [4.69, 9.17) is 31.2 Å². The van der Waals surface area contributed by atoms with Gasteiger partial charge in [0.2, 0.25) is 5.95 Å². The predicted octanol–water partition coefficient (Wildman–Crippen LogP) is 0.670. The molecule has 2 saturated heterocycles. The van der Waals surface area contributed by atoms with Gasteiger partial charge in [0.05, 0.1) is 43.8 Å². The molecule has 4 aromatic heterocycles. The Kier molecular flexibility index (Phi) is 7.04. The summed E-state index contributed by atoms with van der Waals surface area (Å²) in [5.41, 5.74) is 13.9. The van der Waals surface area contributed by atoms with E-state index in [1.165, 1.54) is 21.8 Å². The smallest absolute Gasteiger partial charge is 0.222 e. The van der Waals surface area contributed by atoms with Crippen LogP contribution in [0.25, 0.3) is 22.3 Å². The fourth-order valence-electron chi connectivity index (χ4n) is 4.63. The Morgan fingerprint density at radius 1 is 0.842 bits per heavy atom. The van der Waals surface area contributed by atoms with Gasteiger partial charge in [0.25, 0.3) is 0 Å². The second-order valence-electron chi connectivity index (χ2n) is 9.14. The number of nitrogen functional groups attached to an aromatic ring is 2. The lowest BCUT2D eigenvalue weighted by Gasteiger charge is -2.15. The van der Waals surface area contributed by atoms with Crippen molar-refractivity contribution in [3.63, 3.8) is 0 Å². The molecule has 4 aromatic rings. The number of aliphatic hydroxyl groups is 2. The second kappa shape index (κ2) is 10.3. The summed E-state index contributed by atoms with van der Waals surface area (Å²) in [5.74, 6) is 0.853. The van der Waals surface area contributed by atoms with Crippen molar-refractivity contribution in [2.75, 3.05) is 24.7 Å². The SMILES string of the molecule is Cc1nc(N)c2ncn([C@@H]3O[C@H](CO)CC3F)c2n1.Cc1nc(N)nc2c1ncn2[C@@H]1O[C@H](CO)CC1F. The van der Waals surface area contributed by atoms with Gasteiger partial charge >= 0.3 is 0 Å². The number of nitrogens with zero attached hydrogens (tertiary/aromatic N) is 8. The van der Waals surface area contributed by atoms with Gasteiger partial charge in [-0.15, -0.1) is 0 Å². The maximum absolute atomic E-state index is 14.0. The molecule has 0 amide bonds. The minimum Gasteiger partial charge on any atom is -0.394 e. The highest BCUT2D eigenvalue weighted by atomic mass is 19.1. The Balaban J connectivity index is 0.000000155. The molecule has 204 valence electrons. The van der Waals surface area contributed by atoms with Crippen molar-refractivity contribution in [1.82, 2.24) is 39.0 Å². The number of aromatic nitrogens is 8. The van der Waals surface area contributed by atoms with Gasteiger partial charge in [-0.25, -0.2) is 33.7 Å². The van der Waals surface area contributed by atoms with Crippen LogP contribution < -0.4 is 11.5 Å². The van der Waals surface area contributed by atoms with Crippen molar-refractivity contribution < 1.29 is 28.5 Å². The number of hydrogen-bond acceptors (Lipinski definition) is 12. The summed E-state index contributed by atoms with van der Waals surface area (Å²) in [5, 5.41) is 18.1. The normalized spacial score (nSPS) is 27.2. The summed E-state index contributed by atoms with van der Waals surface area (Å²) in [6.07, 6.45) is -1.91. The van der Waals surface area contributed by atoms with Crippen LogP contribution in [0.15, 0.2) is 12.7 Å². The van der Waals surface area contributed by atoms with Crippen LogP contribution in [0.1, 0.15) is 36.8 Å². The highest BCUT2D eigenvalue weighted by Crippen LogP contribution is 2.34. The molecule has 6 heterocycles. The molecule has 38 heavy (non-hydrogen) atoms. The number of hydrogen-bond donors (Lipinski definition) is 4. The van der Waals surface area contributed by atoms with E-state index < -0.39 is 37.0 Å². The number of ether oxygens (including phenoxy) is 2. The summed E-state index contributed by atoms with van der Waals surface area (Å²) in [4.78, 5) is 24.6. The summed E-state index contributed by atoms with van der Waals surface area (Å²) in [6.45, 7) is 3.04. The fraction of sp³-hybridized carbons (Fsp3) is 0.545. The summed E-state index contributed by atoms with van der Waals surface area (Å²) in [7, 11) is 0. The third kappa shape index (κ3) is 4.70. The van der Waals surface area contributed by atoms with Crippen LogP contribution in [-0.2, 0) is 9.47 Å². The molecule has 0 aliphatic carbocycles. The van der Waals surface area contributed by atoms with Gasteiger partial charge in [-0.2, -0.15) is 4.98 Å². The van der Waals surface area contributed by atoms with Gasteiger partial charge in [0.1, 0.15) is 29.2 Å². The van der Waals surface area contributed by atoms with Crippen molar-refractivity contribution >= 4 is 34.1 Å². The molecule has 0 spiro atoms. The molecule has 6 rings (SSSR count). The quantitative estimate of drug-likeness (QED) is 0.286. The van der Waals surface area contributed by atoms with E-state index in [1.807, 2.05) is 0 Å². The summed E-state index contributed by atoms with van der Waals surface area (Å²) < 4.78 is 41.8. The maximum Gasteiger partial charge on any atom is 0.222 e. The highest BCUT2D eigenvalue weighted by Gasteiger charge is 2.38. The average molecular weight is 535 g/mol. The van der Waals surface area contributed by atoms with Crippen LogP contribution >= 0.6 is 0 Å². The van der Waals surface area contributed by atoms with Crippen LogP contribution in [0.4, 0.5) is 20.5 Å². The van der Waals surface area contributed by atoms with Crippen LogP contribution in [-0.4, -0.2) is 87.0 Å². The lowest BCUT2D eigenvalue weighted by molar-refractivity contribution is -0.0351. The first-order chi connectivity index (χ1) is 18.2. The molecule has 2 aliphatic rings. The minimum absolute atomic E-state index is 0.110. The van der Waals surface area contributed by atoms with E-state index in [0.717, 1.165) is 0 Å². The zero-order valence-electron chi connectivity index (χ0n) is 20.6. The standard InChI is InChI=1S/2C11H14FN5O2/c1-5-15-9(13)8-10(16-5)17(4-14-8)11-7(12)2-6(3-18)19-11;1-5-8-9(16-11(13)15-5)17(4-14-8)10-7(12)2-6(3-18)19-10/h4,6-7,11,18H,2-3H2,1H3,(H2,13,15,16);4,6-7,10,18H,2-3H2,1H3,(H2,13,15,16)/t6-,7?,11+;6-,7?,10+/m00/s1. The Morgan fingerprint density at radius 3 is 1.89 bits per heavy atom. The third-order valence-electron chi connectivity index (χ3n) is 6.39. The van der Waals surface area contributed by atoms with Crippen LogP contribution in [0.2, 0.25) is 0 Å². The van der Waals surface area contributed by atoms with E-state index in [-0.39, 0.29) is 37.8 Å². The number of anilines is 2. The number of halogens is 2. The Morgan fingerprint density at radius 2 is 1.37 bits per heavy atom. The Bertz CT molecular complexity index is 1340. The van der Waals surface area contributed by atoms with Gasteiger partial charge in [0, 0.05) is 12.8 Å². The molecular weight excluding hydrogens is 506 g/mol. The fourth-order valence-corrected chi connectivity index (χ4v) is 4.63. The Labute approximate surface area is 214 Å². The van der Waals surface area contributed by atoms with Crippen LogP contribution in [0, 0.1) is 13.8 Å². The zero-order valence-corrected chi connectivity index (χ0v) is 20.6. The first-order valence-corrected chi connectivity index (χ1v) is 11.9. The van der Waals surface area contributed by atoms with Gasteiger partial charge in [-0.05, 0) is 13.8 Å². The third-order valence-corrected chi connectivity index (χ3v) is 6.39. The van der Waals surface area contributed by atoms with E-state index in [0.29, 0.717) is 33.8 Å². The minimum atomic E-state index is -1.22. The molecule has 16 heteroatoms. The summed E-state index contributed by atoms with van der Waals surface area (Å²) >= 11 is 0. The number of fused-ring (bicyclic) bond motifs is 2. The number of aryl methyl sites for hydroxylation is 2. The molecule has 6 atom stereocenters. The van der Waals surface area contributed by atoms with Gasteiger partial charge in [0.15, 0.2) is 29.6 Å². The van der Waals surface area contributed by atoms with Gasteiger partial charge in [-0.1, -0.05) is 0 Å². The van der Waals surface area contributed by atoms with E-state index >= 15 is 0 Å². The van der Waals surface area contributed by atoms with Crippen molar-refractivity contribution in [1.29, 1.82) is 0 Å². The topological polar surface area (TPSA) is 198 Å². The molecule has 0 saturated carbocycles. The molecule has 2 unspecified atom stereocenters. The zero-order chi connectivity index (χ0) is 27.1. The molecule has 14 nitrogen and oxygen atoms in total. The number of nitrogens with two attached hydrogens (primary N) is 2. The van der Waals surface area contributed by atoms with Crippen molar-refractivity contribution in [3.05, 3.63) is 24.2 Å². The Hall–Kier alpha value is -3.60. The molecule has 2 fully saturated rings. The first-order valence-electron chi connectivity index (χ1n) is 11.9. The molecule has 0 bridgehead atoms. The van der Waals surface area contributed by atoms with Crippen molar-refractivity contribution in [3.8, 4) is 0 Å². The predicted molar refractivity (Wildman–Crippen MR) is 130 cm³/mol. The van der Waals surface area contributed by atoms with Crippen molar-refractivity contribution in [2.45, 2.75) is 63.7 Å². The number of alkyl halides is 2. The van der Waals surface area contributed by atoms with Gasteiger partial charge in [-0.3, -0.25) is 9.13 Å². The highest BCUT2D eigenvalue weighted by molar-refractivity contribution is 5.81. The lowest BCUT2D eigenvalue weighted by atomic mass is 10.2. The molecule has 0 radical (unpaired) electrons. The van der Waals surface area contributed by atoms with E-state index in [1.54, 1.807) is 13.8 Å². The largest absolute Gasteiger partial charge is 0.394 e. The lowest BCUT2D eigenvalue weighted by Crippen LogP contribution is -2.17.